The second kappa shape index (κ2) is 8.45. The molecule has 11 heteroatoms. The number of aliphatic hydroxyl groups is 4. The highest BCUT2D eigenvalue weighted by Gasteiger charge is 2.45. The van der Waals surface area contributed by atoms with Crippen molar-refractivity contribution in [1.29, 1.82) is 0 Å². The number of carbonyl (C=O) groups excluding carboxylic acids is 1. The number of benzene rings is 2. The van der Waals surface area contributed by atoms with Gasteiger partial charge in [-0.2, -0.15) is 0 Å². The Kier molecular flexibility index (Phi) is 5.84. The average molecular weight is 450 g/mol. The van der Waals surface area contributed by atoms with E-state index in [0.717, 1.165) is 6.07 Å². The van der Waals surface area contributed by atoms with Crippen molar-refractivity contribution in [2.24, 2.45) is 0 Å². The molecule has 0 aromatic heterocycles. The Morgan fingerprint density at radius 3 is 2.38 bits per heavy atom. The fourth-order valence-corrected chi connectivity index (χ4v) is 3.71. The average Bonchev–Trinajstić information content (AvgIpc) is 2.75. The Morgan fingerprint density at radius 2 is 1.69 bits per heavy atom. The number of phenols is 3. The van der Waals surface area contributed by atoms with Crippen LogP contribution in [0, 0.1) is 0 Å². The summed E-state index contributed by atoms with van der Waals surface area (Å²) in [5.41, 5.74) is 0.337. The lowest BCUT2D eigenvalue weighted by molar-refractivity contribution is -0.277. The number of carbonyl (C=O) groups is 1. The van der Waals surface area contributed by atoms with E-state index in [1.165, 1.54) is 24.3 Å². The smallest absolute Gasteiger partial charge is 0.229 e. The Hall–Kier alpha value is -3.09. The summed E-state index contributed by atoms with van der Waals surface area (Å²) in [5.74, 6) is -1.69. The molecule has 0 aliphatic carbocycles. The summed E-state index contributed by atoms with van der Waals surface area (Å²) in [6, 6.07) is 6.37. The molecule has 7 N–H and O–H groups in total. The molecule has 0 saturated carbocycles. The number of rotatable bonds is 4. The quantitative estimate of drug-likeness (QED) is 0.303. The van der Waals surface area contributed by atoms with Gasteiger partial charge in [-0.25, -0.2) is 0 Å². The minimum absolute atomic E-state index is 0.0293. The zero-order valence-corrected chi connectivity index (χ0v) is 16.5. The van der Waals surface area contributed by atoms with Gasteiger partial charge in [-0.15, -0.1) is 0 Å². The Labute approximate surface area is 181 Å². The maximum atomic E-state index is 12.6. The van der Waals surface area contributed by atoms with E-state index in [4.69, 9.17) is 14.2 Å². The molecular formula is C21H22O11. The summed E-state index contributed by atoms with van der Waals surface area (Å²) in [5, 5.41) is 68.8. The molecule has 6 atom stereocenters. The first-order chi connectivity index (χ1) is 15.2. The molecule has 11 nitrogen and oxygen atoms in total. The molecule has 0 bridgehead atoms. The second-order valence-corrected chi connectivity index (χ2v) is 7.61. The summed E-state index contributed by atoms with van der Waals surface area (Å²) in [4.78, 5) is 12.6. The maximum Gasteiger partial charge on any atom is 0.229 e. The molecular weight excluding hydrogens is 428 g/mol. The summed E-state index contributed by atoms with van der Waals surface area (Å²) < 4.78 is 16.6. The van der Waals surface area contributed by atoms with E-state index < -0.39 is 54.9 Å². The highest BCUT2D eigenvalue weighted by atomic mass is 16.7. The number of phenolic OH excluding ortho intramolecular Hbond substituents is 3. The maximum absolute atomic E-state index is 12.6. The third kappa shape index (κ3) is 3.92. The van der Waals surface area contributed by atoms with Gasteiger partial charge in [0.05, 0.1) is 13.0 Å². The Balaban J connectivity index is 1.60. The SMILES string of the molecule is O=C1C[C@H](c2ccc(O)c(O)c2)Oc2cc(O[C@@H]3O[C@H](CO)[C@@H](O)[C@@H](O)[C@@H]3O)cc(O)c21. The largest absolute Gasteiger partial charge is 0.507 e. The van der Waals surface area contributed by atoms with Crippen LogP contribution in [-0.4, -0.2) is 78.8 Å². The number of aliphatic hydroxyl groups excluding tert-OH is 4. The molecule has 0 unspecified atom stereocenters. The number of Topliss-reactive ketones (excluding diaryl/α,β-unsaturated/α-hetero) is 1. The fourth-order valence-electron chi connectivity index (χ4n) is 3.71. The van der Waals surface area contributed by atoms with Crippen molar-refractivity contribution in [3.8, 4) is 28.7 Å². The van der Waals surface area contributed by atoms with Crippen molar-refractivity contribution in [3.05, 3.63) is 41.5 Å². The van der Waals surface area contributed by atoms with E-state index in [1.54, 1.807) is 0 Å². The topological polar surface area (TPSA) is 186 Å². The van der Waals surface area contributed by atoms with Gasteiger partial charge in [-0.3, -0.25) is 4.79 Å². The third-order valence-electron chi connectivity index (χ3n) is 5.45. The minimum Gasteiger partial charge on any atom is -0.507 e. The van der Waals surface area contributed by atoms with E-state index in [9.17, 15) is 40.5 Å². The molecule has 0 amide bonds. The van der Waals surface area contributed by atoms with Crippen LogP contribution in [-0.2, 0) is 4.74 Å². The predicted molar refractivity (Wildman–Crippen MR) is 105 cm³/mol. The molecule has 0 spiro atoms. The number of fused-ring (bicyclic) bond motifs is 1. The monoisotopic (exact) mass is 450 g/mol. The zero-order chi connectivity index (χ0) is 23.2. The van der Waals surface area contributed by atoms with E-state index in [-0.39, 0.29) is 35.0 Å². The van der Waals surface area contributed by atoms with Crippen LogP contribution in [0.5, 0.6) is 28.7 Å². The lowest BCUT2D eigenvalue weighted by Crippen LogP contribution is -2.60. The van der Waals surface area contributed by atoms with Gasteiger partial charge in [0.15, 0.2) is 17.3 Å². The first-order valence-electron chi connectivity index (χ1n) is 9.75. The third-order valence-corrected chi connectivity index (χ3v) is 5.45. The molecule has 2 aliphatic rings. The van der Waals surface area contributed by atoms with Crippen molar-refractivity contribution < 1.29 is 54.8 Å². The molecule has 2 aromatic carbocycles. The second-order valence-electron chi connectivity index (χ2n) is 7.61. The van der Waals surface area contributed by atoms with Crippen molar-refractivity contribution in [2.75, 3.05) is 6.61 Å². The van der Waals surface area contributed by atoms with E-state index >= 15 is 0 Å². The van der Waals surface area contributed by atoms with E-state index in [2.05, 4.69) is 0 Å². The zero-order valence-electron chi connectivity index (χ0n) is 16.5. The van der Waals surface area contributed by atoms with Crippen molar-refractivity contribution in [1.82, 2.24) is 0 Å². The molecule has 32 heavy (non-hydrogen) atoms. The van der Waals surface area contributed by atoms with Crippen LogP contribution >= 0.6 is 0 Å². The van der Waals surface area contributed by atoms with Gasteiger partial charge in [0.1, 0.15) is 53.3 Å². The predicted octanol–water partition coefficient (Wildman–Crippen LogP) is -0.311. The molecule has 172 valence electrons. The molecule has 1 saturated heterocycles. The first-order valence-corrected chi connectivity index (χ1v) is 9.75. The molecule has 2 aliphatic heterocycles. The van der Waals surface area contributed by atoms with Crippen LogP contribution in [0.4, 0.5) is 0 Å². The molecule has 1 fully saturated rings. The molecule has 0 radical (unpaired) electrons. The van der Waals surface area contributed by atoms with Crippen molar-refractivity contribution in [3.63, 3.8) is 0 Å². The number of hydrogen-bond acceptors (Lipinski definition) is 11. The van der Waals surface area contributed by atoms with Gasteiger partial charge in [-0.05, 0) is 17.7 Å². The lowest BCUT2D eigenvalue weighted by Gasteiger charge is -2.39. The van der Waals surface area contributed by atoms with E-state index in [1.807, 2.05) is 0 Å². The highest BCUT2D eigenvalue weighted by Crippen LogP contribution is 2.43. The number of ether oxygens (including phenoxy) is 3. The summed E-state index contributed by atoms with van der Waals surface area (Å²) in [6.07, 6.45) is -8.50. The Morgan fingerprint density at radius 1 is 0.938 bits per heavy atom. The molecule has 2 aromatic rings. The van der Waals surface area contributed by atoms with Crippen LogP contribution in [0.25, 0.3) is 0 Å². The van der Waals surface area contributed by atoms with E-state index in [0.29, 0.717) is 5.56 Å². The summed E-state index contributed by atoms with van der Waals surface area (Å²) in [6.45, 7) is -0.640. The number of hydrogen-bond donors (Lipinski definition) is 7. The first kappa shape index (κ1) is 22.1. The van der Waals surface area contributed by atoms with Gasteiger partial charge < -0.3 is 50.0 Å². The van der Waals surface area contributed by atoms with Crippen LogP contribution in [0.15, 0.2) is 30.3 Å². The summed E-state index contributed by atoms with van der Waals surface area (Å²) >= 11 is 0. The number of aromatic hydroxyl groups is 3. The minimum atomic E-state index is -1.67. The van der Waals surface area contributed by atoms with Gasteiger partial charge in [0, 0.05) is 12.1 Å². The van der Waals surface area contributed by atoms with Gasteiger partial charge in [0.25, 0.3) is 0 Å². The van der Waals surface area contributed by atoms with Crippen LogP contribution < -0.4 is 9.47 Å². The van der Waals surface area contributed by atoms with Crippen LogP contribution in [0.3, 0.4) is 0 Å². The molecule has 4 rings (SSSR count). The van der Waals surface area contributed by atoms with Gasteiger partial charge in [-0.1, -0.05) is 6.07 Å². The number of ketones is 1. The fraction of sp³-hybridized carbons (Fsp3) is 0.381. The van der Waals surface area contributed by atoms with Gasteiger partial charge in [0.2, 0.25) is 6.29 Å². The van der Waals surface area contributed by atoms with Crippen LogP contribution in [0.1, 0.15) is 28.4 Å². The Bertz CT molecular complexity index is 1020. The summed E-state index contributed by atoms with van der Waals surface area (Å²) in [7, 11) is 0. The van der Waals surface area contributed by atoms with Crippen molar-refractivity contribution >= 4 is 5.78 Å². The molecule has 2 heterocycles. The standard InChI is InChI=1S/C21H22O11/c22-7-16-18(27)19(28)20(29)21(32-16)30-9-4-12(25)17-13(26)6-14(31-15(17)5-9)8-1-2-10(23)11(24)3-8/h1-5,14,16,18-25,27-29H,6-7H2/t14-,16-,18-,19-,20+,21-/m1/s1. The van der Waals surface area contributed by atoms with Crippen molar-refractivity contribution in [2.45, 2.75) is 43.2 Å². The van der Waals surface area contributed by atoms with Gasteiger partial charge >= 0.3 is 0 Å². The lowest BCUT2D eigenvalue weighted by atomic mass is 9.95. The highest BCUT2D eigenvalue weighted by molar-refractivity contribution is 6.02. The van der Waals surface area contributed by atoms with Crippen LogP contribution in [0.2, 0.25) is 0 Å². The normalized spacial score (nSPS) is 29.8.